The molecule has 6 heteroatoms. The summed E-state index contributed by atoms with van der Waals surface area (Å²) < 4.78 is 0. The minimum Gasteiger partial charge on any atom is -0.342 e. The zero-order valence-corrected chi connectivity index (χ0v) is 18.9. The van der Waals surface area contributed by atoms with E-state index in [9.17, 15) is 14.4 Å². The first-order valence-electron chi connectivity index (χ1n) is 11.9. The number of hydrogen-bond donors (Lipinski definition) is 0. The van der Waals surface area contributed by atoms with Crippen LogP contribution in [-0.2, 0) is 14.4 Å². The third kappa shape index (κ3) is 4.63. The summed E-state index contributed by atoms with van der Waals surface area (Å²) in [6, 6.07) is 5.97. The number of anilines is 1. The maximum absolute atomic E-state index is 13.2. The first-order valence-corrected chi connectivity index (χ1v) is 11.9. The van der Waals surface area contributed by atoms with Gasteiger partial charge in [-0.15, -0.1) is 0 Å². The quantitative estimate of drug-likeness (QED) is 0.747. The molecule has 0 radical (unpaired) electrons. The summed E-state index contributed by atoms with van der Waals surface area (Å²) >= 11 is 0. The number of likely N-dealkylation sites (tertiary alicyclic amines) is 2. The highest BCUT2D eigenvalue weighted by Crippen LogP contribution is 2.31. The highest BCUT2D eigenvalue weighted by molar-refractivity contribution is 6.01. The monoisotopic (exact) mass is 425 g/mol. The lowest BCUT2D eigenvalue weighted by Gasteiger charge is -2.35. The smallest absolute Gasteiger partial charge is 0.228 e. The lowest BCUT2D eigenvalue weighted by molar-refractivity contribution is -0.142. The summed E-state index contributed by atoms with van der Waals surface area (Å²) in [6.07, 6.45) is 6.40. The molecule has 168 valence electrons. The number of hydrogen-bond acceptors (Lipinski definition) is 3. The van der Waals surface area contributed by atoms with Crippen molar-refractivity contribution in [1.29, 1.82) is 0 Å². The number of carbonyl (C=O) groups is 3. The molecule has 6 nitrogen and oxygen atoms in total. The summed E-state index contributed by atoms with van der Waals surface area (Å²) in [6.45, 7) is 7.54. The van der Waals surface area contributed by atoms with Gasteiger partial charge in [-0.1, -0.05) is 25.0 Å². The van der Waals surface area contributed by atoms with Crippen LogP contribution in [0.25, 0.3) is 0 Å². The summed E-state index contributed by atoms with van der Waals surface area (Å²) in [4.78, 5) is 44.5. The van der Waals surface area contributed by atoms with E-state index in [1.54, 1.807) is 4.90 Å². The van der Waals surface area contributed by atoms with Gasteiger partial charge in [-0.2, -0.15) is 0 Å². The van der Waals surface area contributed by atoms with Gasteiger partial charge in [-0.3, -0.25) is 14.4 Å². The van der Waals surface area contributed by atoms with Crippen LogP contribution in [0.2, 0.25) is 0 Å². The zero-order chi connectivity index (χ0) is 22.0. The first-order chi connectivity index (χ1) is 15.0. The number of piperidine rings is 1. The number of amides is 3. The summed E-state index contributed by atoms with van der Waals surface area (Å²) in [7, 11) is 0. The van der Waals surface area contributed by atoms with Crippen molar-refractivity contribution >= 4 is 23.4 Å². The highest BCUT2D eigenvalue weighted by atomic mass is 16.2. The van der Waals surface area contributed by atoms with E-state index >= 15 is 0 Å². The zero-order valence-electron chi connectivity index (χ0n) is 18.9. The molecule has 0 aliphatic carbocycles. The van der Waals surface area contributed by atoms with Crippen LogP contribution in [0.15, 0.2) is 18.2 Å². The second-order valence-corrected chi connectivity index (χ2v) is 9.46. The number of aryl methyl sites for hydroxylation is 1. The Bertz CT molecular complexity index is 836. The maximum Gasteiger partial charge on any atom is 0.228 e. The lowest BCUT2D eigenvalue weighted by Crippen LogP contribution is -2.46. The summed E-state index contributed by atoms with van der Waals surface area (Å²) in [5, 5.41) is 0. The molecule has 3 amide bonds. The van der Waals surface area contributed by atoms with E-state index in [1.165, 1.54) is 12.8 Å². The van der Waals surface area contributed by atoms with Crippen molar-refractivity contribution in [2.75, 3.05) is 37.6 Å². The Morgan fingerprint density at radius 1 is 0.839 bits per heavy atom. The highest BCUT2D eigenvalue weighted by Gasteiger charge is 2.39. The van der Waals surface area contributed by atoms with Crippen molar-refractivity contribution in [3.05, 3.63) is 29.3 Å². The molecule has 1 aromatic carbocycles. The van der Waals surface area contributed by atoms with Gasteiger partial charge in [0, 0.05) is 50.7 Å². The minimum atomic E-state index is -0.287. The fourth-order valence-electron chi connectivity index (χ4n) is 5.29. The van der Waals surface area contributed by atoms with E-state index in [2.05, 4.69) is 0 Å². The van der Waals surface area contributed by atoms with Crippen molar-refractivity contribution in [1.82, 2.24) is 9.80 Å². The number of nitrogens with zero attached hydrogens (tertiary/aromatic N) is 3. The van der Waals surface area contributed by atoms with Gasteiger partial charge in [-0.05, 0) is 56.7 Å². The minimum absolute atomic E-state index is 0.0262. The molecule has 3 aliphatic heterocycles. The van der Waals surface area contributed by atoms with E-state index < -0.39 is 0 Å². The lowest BCUT2D eigenvalue weighted by atomic mass is 9.94. The van der Waals surface area contributed by atoms with Crippen molar-refractivity contribution in [2.45, 2.75) is 58.8 Å². The molecule has 1 aromatic rings. The molecule has 0 N–H and O–H groups in total. The SMILES string of the molecule is Cc1cccc(N2CC(C(=O)N3CCC(C(=O)N4CCCCCC4)CC3)CC2=O)c1C. The van der Waals surface area contributed by atoms with Crippen molar-refractivity contribution < 1.29 is 14.4 Å². The van der Waals surface area contributed by atoms with E-state index in [0.717, 1.165) is 55.6 Å². The van der Waals surface area contributed by atoms with Gasteiger partial charge in [0.15, 0.2) is 0 Å². The third-order valence-electron chi connectivity index (χ3n) is 7.41. The molecule has 31 heavy (non-hydrogen) atoms. The molecule has 1 unspecified atom stereocenters. The predicted molar refractivity (Wildman–Crippen MR) is 121 cm³/mol. The van der Waals surface area contributed by atoms with Gasteiger partial charge in [0.2, 0.25) is 17.7 Å². The van der Waals surface area contributed by atoms with Crippen LogP contribution in [-0.4, -0.2) is 60.2 Å². The van der Waals surface area contributed by atoms with Gasteiger partial charge >= 0.3 is 0 Å². The second-order valence-electron chi connectivity index (χ2n) is 9.46. The summed E-state index contributed by atoms with van der Waals surface area (Å²) in [5.41, 5.74) is 3.16. The molecule has 1 atom stereocenters. The second kappa shape index (κ2) is 9.41. The van der Waals surface area contributed by atoms with Crippen LogP contribution < -0.4 is 4.90 Å². The first kappa shape index (κ1) is 21.8. The van der Waals surface area contributed by atoms with Crippen LogP contribution in [0.3, 0.4) is 0 Å². The molecule has 0 spiro atoms. The molecule has 3 saturated heterocycles. The van der Waals surface area contributed by atoms with Gasteiger partial charge < -0.3 is 14.7 Å². The third-order valence-corrected chi connectivity index (χ3v) is 7.41. The molecule has 3 aliphatic rings. The van der Waals surface area contributed by atoms with Crippen LogP contribution in [0.5, 0.6) is 0 Å². The van der Waals surface area contributed by atoms with E-state index in [4.69, 9.17) is 0 Å². The molecular formula is C25H35N3O3. The predicted octanol–water partition coefficient (Wildman–Crippen LogP) is 3.30. The van der Waals surface area contributed by atoms with E-state index in [0.29, 0.717) is 19.6 Å². The Labute approximate surface area is 185 Å². The van der Waals surface area contributed by atoms with Crippen LogP contribution >= 0.6 is 0 Å². The van der Waals surface area contributed by atoms with Gasteiger partial charge in [0.05, 0.1) is 5.92 Å². The largest absolute Gasteiger partial charge is 0.342 e. The molecule has 0 saturated carbocycles. The Balaban J connectivity index is 1.33. The summed E-state index contributed by atoms with van der Waals surface area (Å²) in [5.74, 6) is 0.135. The fraction of sp³-hybridized carbons (Fsp3) is 0.640. The molecule has 3 heterocycles. The van der Waals surface area contributed by atoms with Gasteiger partial charge in [-0.25, -0.2) is 0 Å². The van der Waals surface area contributed by atoms with Crippen LogP contribution in [0.4, 0.5) is 5.69 Å². The average molecular weight is 426 g/mol. The topological polar surface area (TPSA) is 60.9 Å². The van der Waals surface area contributed by atoms with E-state index in [-0.39, 0.29) is 36.0 Å². The number of rotatable bonds is 3. The molecule has 3 fully saturated rings. The number of carbonyl (C=O) groups excluding carboxylic acids is 3. The van der Waals surface area contributed by atoms with Gasteiger partial charge in [0.25, 0.3) is 0 Å². The fourth-order valence-corrected chi connectivity index (χ4v) is 5.29. The van der Waals surface area contributed by atoms with Gasteiger partial charge in [0.1, 0.15) is 0 Å². The standard InChI is InChI=1S/C25H35N3O3/c1-18-8-7-9-22(19(18)2)28-17-21(16-23(28)29)25(31)27-14-10-20(11-15-27)24(30)26-12-5-3-4-6-13-26/h7-9,20-21H,3-6,10-17H2,1-2H3. The molecular weight excluding hydrogens is 390 g/mol. The average Bonchev–Trinajstić information content (AvgIpc) is 2.98. The molecule has 4 rings (SSSR count). The van der Waals surface area contributed by atoms with Crippen molar-refractivity contribution in [2.24, 2.45) is 11.8 Å². The maximum atomic E-state index is 13.2. The Hall–Kier alpha value is -2.37. The van der Waals surface area contributed by atoms with E-state index in [1.807, 2.05) is 41.8 Å². The molecule has 0 bridgehead atoms. The Morgan fingerprint density at radius 2 is 1.45 bits per heavy atom. The van der Waals surface area contributed by atoms with Crippen molar-refractivity contribution in [3.63, 3.8) is 0 Å². The van der Waals surface area contributed by atoms with Crippen LogP contribution in [0, 0.1) is 25.7 Å². The number of benzene rings is 1. The van der Waals surface area contributed by atoms with Crippen molar-refractivity contribution in [3.8, 4) is 0 Å². The Kier molecular flexibility index (Phi) is 6.63. The Morgan fingerprint density at radius 3 is 2.13 bits per heavy atom. The molecule has 0 aromatic heterocycles. The normalized spacial score (nSPS) is 23.2. The van der Waals surface area contributed by atoms with Crippen LogP contribution in [0.1, 0.15) is 56.1 Å².